The summed E-state index contributed by atoms with van der Waals surface area (Å²) in [5, 5.41) is 9.36. The first-order chi connectivity index (χ1) is 10.2. The Kier molecular flexibility index (Phi) is 4.57. The van der Waals surface area contributed by atoms with Crippen LogP contribution in [0.1, 0.15) is 21.8 Å². The maximum atomic E-state index is 12.6. The van der Waals surface area contributed by atoms with Crippen molar-refractivity contribution in [3.05, 3.63) is 59.7 Å². The number of hydrogen-bond acceptors (Lipinski definition) is 4. The predicted octanol–water partition coefficient (Wildman–Crippen LogP) is 3.19. The monoisotopic (exact) mass is 281 g/mol. The van der Waals surface area contributed by atoms with Gasteiger partial charge in [0.2, 0.25) is 0 Å². The normalized spacial score (nSPS) is 11.3. The number of ether oxygens (including phenoxy) is 2. The highest BCUT2D eigenvalue weighted by Crippen LogP contribution is 2.27. The van der Waals surface area contributed by atoms with Crippen molar-refractivity contribution in [2.45, 2.75) is 5.92 Å². The zero-order valence-corrected chi connectivity index (χ0v) is 11.9. The minimum absolute atomic E-state index is 0.278. The number of para-hydroxylation sites is 1. The molecular weight excluding hydrogens is 266 g/mol. The summed E-state index contributed by atoms with van der Waals surface area (Å²) in [6.07, 6.45) is 0. The second-order valence-corrected chi connectivity index (χ2v) is 4.40. The van der Waals surface area contributed by atoms with Gasteiger partial charge < -0.3 is 9.47 Å². The van der Waals surface area contributed by atoms with Crippen LogP contribution in [0.25, 0.3) is 0 Å². The summed E-state index contributed by atoms with van der Waals surface area (Å²) in [4.78, 5) is 12.6. The van der Waals surface area contributed by atoms with Crippen molar-refractivity contribution in [2.24, 2.45) is 0 Å². The summed E-state index contributed by atoms with van der Waals surface area (Å²) in [5.41, 5.74) is 1.04. The molecule has 4 nitrogen and oxygen atoms in total. The maximum absolute atomic E-state index is 12.6. The van der Waals surface area contributed by atoms with E-state index in [0.29, 0.717) is 22.6 Å². The first-order valence-corrected chi connectivity index (χ1v) is 6.42. The molecule has 0 bridgehead atoms. The van der Waals surface area contributed by atoms with Gasteiger partial charge in [0, 0.05) is 0 Å². The van der Waals surface area contributed by atoms with E-state index in [2.05, 4.69) is 6.07 Å². The molecule has 0 saturated heterocycles. The molecule has 0 aliphatic carbocycles. The molecule has 2 aromatic carbocycles. The third-order valence-electron chi connectivity index (χ3n) is 3.21. The molecule has 0 amide bonds. The van der Waals surface area contributed by atoms with Gasteiger partial charge >= 0.3 is 0 Å². The SMILES string of the molecule is COc1ccc(C(C#N)C(=O)c2ccccc2OC)cc1. The van der Waals surface area contributed by atoms with E-state index >= 15 is 0 Å². The van der Waals surface area contributed by atoms with E-state index in [0.717, 1.165) is 0 Å². The minimum Gasteiger partial charge on any atom is -0.497 e. The number of ketones is 1. The third kappa shape index (κ3) is 3.03. The molecule has 0 N–H and O–H groups in total. The summed E-state index contributed by atoms with van der Waals surface area (Å²) < 4.78 is 10.3. The second kappa shape index (κ2) is 6.58. The molecular formula is C17H15NO3. The maximum Gasteiger partial charge on any atom is 0.188 e. The molecule has 21 heavy (non-hydrogen) atoms. The van der Waals surface area contributed by atoms with Crippen molar-refractivity contribution < 1.29 is 14.3 Å². The van der Waals surface area contributed by atoms with Crippen LogP contribution in [-0.4, -0.2) is 20.0 Å². The molecule has 0 heterocycles. The van der Waals surface area contributed by atoms with Crippen LogP contribution in [0.15, 0.2) is 48.5 Å². The Morgan fingerprint density at radius 3 is 2.29 bits per heavy atom. The number of nitrogens with zero attached hydrogens (tertiary/aromatic N) is 1. The lowest BCUT2D eigenvalue weighted by atomic mass is 9.91. The second-order valence-electron chi connectivity index (χ2n) is 4.40. The molecule has 0 aliphatic heterocycles. The number of rotatable bonds is 5. The zero-order valence-electron chi connectivity index (χ0n) is 11.9. The number of benzene rings is 2. The highest BCUT2D eigenvalue weighted by molar-refractivity contribution is 6.04. The van der Waals surface area contributed by atoms with E-state index in [9.17, 15) is 10.1 Å². The summed E-state index contributed by atoms with van der Waals surface area (Å²) in [7, 11) is 3.07. The summed E-state index contributed by atoms with van der Waals surface area (Å²) in [6.45, 7) is 0. The topological polar surface area (TPSA) is 59.3 Å². The van der Waals surface area contributed by atoms with Gasteiger partial charge in [-0.15, -0.1) is 0 Å². The van der Waals surface area contributed by atoms with Crippen LogP contribution < -0.4 is 9.47 Å². The Labute approximate surface area is 123 Å². The van der Waals surface area contributed by atoms with E-state index in [1.54, 1.807) is 55.6 Å². The summed E-state index contributed by atoms with van der Waals surface area (Å²) in [6, 6.07) is 15.9. The average molecular weight is 281 g/mol. The predicted molar refractivity (Wildman–Crippen MR) is 78.7 cm³/mol. The minimum atomic E-state index is -0.868. The van der Waals surface area contributed by atoms with Gasteiger partial charge in [-0.05, 0) is 29.8 Å². The number of methoxy groups -OCH3 is 2. The number of carbonyl (C=O) groups is 1. The van der Waals surface area contributed by atoms with Crippen LogP contribution >= 0.6 is 0 Å². The van der Waals surface area contributed by atoms with Crippen molar-refractivity contribution in [3.63, 3.8) is 0 Å². The van der Waals surface area contributed by atoms with Gasteiger partial charge in [-0.25, -0.2) is 0 Å². The van der Waals surface area contributed by atoms with Gasteiger partial charge in [-0.2, -0.15) is 5.26 Å². The first kappa shape index (κ1) is 14.6. The average Bonchev–Trinajstić information content (AvgIpc) is 2.56. The molecule has 0 saturated carbocycles. The van der Waals surface area contributed by atoms with Crippen molar-refractivity contribution in [2.75, 3.05) is 14.2 Å². The van der Waals surface area contributed by atoms with Gasteiger partial charge in [-0.3, -0.25) is 4.79 Å². The third-order valence-corrected chi connectivity index (χ3v) is 3.21. The lowest BCUT2D eigenvalue weighted by molar-refractivity contribution is 0.0976. The van der Waals surface area contributed by atoms with Crippen LogP contribution in [0.3, 0.4) is 0 Å². The molecule has 0 radical (unpaired) electrons. The molecule has 0 aromatic heterocycles. The molecule has 0 fully saturated rings. The van der Waals surface area contributed by atoms with E-state index in [1.165, 1.54) is 7.11 Å². The first-order valence-electron chi connectivity index (χ1n) is 6.42. The number of nitriles is 1. The molecule has 106 valence electrons. The quantitative estimate of drug-likeness (QED) is 0.790. The van der Waals surface area contributed by atoms with Gasteiger partial charge in [-0.1, -0.05) is 24.3 Å². The lowest BCUT2D eigenvalue weighted by Crippen LogP contribution is -2.12. The fraction of sp³-hybridized carbons (Fsp3) is 0.176. The fourth-order valence-electron chi connectivity index (χ4n) is 2.08. The Morgan fingerprint density at radius 1 is 1.05 bits per heavy atom. The molecule has 1 unspecified atom stereocenters. The molecule has 1 atom stereocenters. The van der Waals surface area contributed by atoms with E-state index in [-0.39, 0.29) is 5.78 Å². The molecule has 2 rings (SSSR count). The Morgan fingerprint density at radius 2 is 1.71 bits per heavy atom. The van der Waals surface area contributed by atoms with Crippen LogP contribution in [0.4, 0.5) is 0 Å². The number of carbonyl (C=O) groups excluding carboxylic acids is 1. The van der Waals surface area contributed by atoms with Crippen LogP contribution in [0, 0.1) is 11.3 Å². The molecule has 4 heteroatoms. The van der Waals surface area contributed by atoms with Crippen LogP contribution in [0.2, 0.25) is 0 Å². The van der Waals surface area contributed by atoms with Gasteiger partial charge in [0.05, 0.1) is 25.9 Å². The van der Waals surface area contributed by atoms with Crippen molar-refractivity contribution in [1.29, 1.82) is 5.26 Å². The van der Waals surface area contributed by atoms with Crippen molar-refractivity contribution >= 4 is 5.78 Å². The largest absolute Gasteiger partial charge is 0.497 e. The Bertz CT molecular complexity index is 671. The van der Waals surface area contributed by atoms with Crippen molar-refractivity contribution in [3.8, 4) is 17.6 Å². The van der Waals surface area contributed by atoms with Crippen molar-refractivity contribution in [1.82, 2.24) is 0 Å². The Balaban J connectivity index is 2.36. The number of Topliss-reactive ketones (excluding diaryl/α,β-unsaturated/α-hetero) is 1. The standard InChI is InChI=1S/C17H15NO3/c1-20-13-9-7-12(8-10-13)15(11-18)17(19)14-5-3-4-6-16(14)21-2/h3-10,15H,1-2H3. The summed E-state index contributed by atoms with van der Waals surface area (Å²) >= 11 is 0. The van der Waals surface area contributed by atoms with Gasteiger partial charge in [0.1, 0.15) is 17.4 Å². The molecule has 0 spiro atoms. The zero-order chi connectivity index (χ0) is 15.2. The summed E-state index contributed by atoms with van der Waals surface area (Å²) in [5.74, 6) is 0.00349. The van der Waals surface area contributed by atoms with Crippen LogP contribution in [-0.2, 0) is 0 Å². The fourth-order valence-corrected chi connectivity index (χ4v) is 2.08. The number of hydrogen-bond donors (Lipinski definition) is 0. The molecule has 2 aromatic rings. The Hall–Kier alpha value is -2.80. The van der Waals surface area contributed by atoms with E-state index in [4.69, 9.17) is 9.47 Å². The van der Waals surface area contributed by atoms with Crippen LogP contribution in [0.5, 0.6) is 11.5 Å². The van der Waals surface area contributed by atoms with Gasteiger partial charge in [0.15, 0.2) is 5.78 Å². The lowest BCUT2D eigenvalue weighted by Gasteiger charge is -2.12. The van der Waals surface area contributed by atoms with E-state index < -0.39 is 5.92 Å². The highest BCUT2D eigenvalue weighted by Gasteiger charge is 2.24. The van der Waals surface area contributed by atoms with E-state index in [1.807, 2.05) is 0 Å². The van der Waals surface area contributed by atoms with Gasteiger partial charge in [0.25, 0.3) is 0 Å². The highest BCUT2D eigenvalue weighted by atomic mass is 16.5. The smallest absolute Gasteiger partial charge is 0.188 e. The molecule has 0 aliphatic rings.